The topological polar surface area (TPSA) is 81.2 Å². The van der Waals surface area contributed by atoms with Gasteiger partial charge in [-0.25, -0.2) is 4.98 Å². The number of hydrogen-bond donors (Lipinski definition) is 2. The fraction of sp³-hybridized carbons (Fsp3) is 0.200. The van der Waals surface area contributed by atoms with Gasteiger partial charge in [-0.3, -0.25) is 4.79 Å². The lowest BCUT2D eigenvalue weighted by atomic mass is 9.99. The molecule has 0 aliphatic carbocycles. The molecule has 128 valence electrons. The maximum Gasteiger partial charge on any atom is 0.277 e. The van der Waals surface area contributed by atoms with E-state index in [0.717, 1.165) is 12.1 Å². The minimum absolute atomic E-state index is 0.212. The number of nitrogens with zero attached hydrogens (tertiary/aromatic N) is 1. The van der Waals surface area contributed by atoms with Crippen LogP contribution in [0.1, 0.15) is 42.2 Å². The molecule has 1 amide bonds. The summed E-state index contributed by atoms with van der Waals surface area (Å²) in [6.07, 6.45) is 2.42. The van der Waals surface area contributed by atoms with E-state index in [9.17, 15) is 4.79 Å². The molecule has 2 aromatic carbocycles. The Morgan fingerprint density at radius 2 is 1.92 bits per heavy atom. The molecule has 1 aromatic heterocycles. The van der Waals surface area contributed by atoms with Crippen LogP contribution in [0, 0.1) is 0 Å². The third kappa shape index (κ3) is 3.71. The zero-order valence-electron chi connectivity index (χ0n) is 14.3. The highest BCUT2D eigenvalue weighted by Crippen LogP contribution is 2.25. The molecule has 25 heavy (non-hydrogen) atoms. The molecule has 0 saturated carbocycles. The van der Waals surface area contributed by atoms with Gasteiger partial charge in [0.25, 0.3) is 5.91 Å². The standard InChI is InChI=1S/C20H21N3O2/c1-3-13(2)14-8-10-15(11-9-14)22-19(24)18-12-25-20(23-18)16-6-4-5-7-17(16)21/h4-13H,3,21H2,1-2H3,(H,22,24). The molecule has 1 unspecified atom stereocenters. The molecule has 5 nitrogen and oxygen atoms in total. The van der Waals surface area contributed by atoms with Gasteiger partial charge in [-0.2, -0.15) is 0 Å². The average molecular weight is 335 g/mol. The first-order valence-corrected chi connectivity index (χ1v) is 8.30. The van der Waals surface area contributed by atoms with Crippen molar-refractivity contribution in [1.29, 1.82) is 0 Å². The van der Waals surface area contributed by atoms with Crippen LogP contribution in [0.3, 0.4) is 0 Å². The van der Waals surface area contributed by atoms with Crippen molar-refractivity contribution in [3.63, 3.8) is 0 Å². The van der Waals surface area contributed by atoms with Gasteiger partial charge in [0.2, 0.25) is 5.89 Å². The van der Waals surface area contributed by atoms with Gasteiger partial charge in [0.1, 0.15) is 6.26 Å². The third-order valence-corrected chi connectivity index (χ3v) is 4.28. The highest BCUT2D eigenvalue weighted by molar-refractivity contribution is 6.03. The Morgan fingerprint density at radius 3 is 2.60 bits per heavy atom. The van der Waals surface area contributed by atoms with Crippen molar-refractivity contribution in [2.24, 2.45) is 0 Å². The van der Waals surface area contributed by atoms with Gasteiger partial charge in [-0.1, -0.05) is 38.1 Å². The highest BCUT2D eigenvalue weighted by Gasteiger charge is 2.15. The Labute approximate surface area is 146 Å². The Balaban J connectivity index is 1.73. The Hall–Kier alpha value is -3.08. The summed E-state index contributed by atoms with van der Waals surface area (Å²) >= 11 is 0. The normalized spacial score (nSPS) is 11.9. The second kappa shape index (κ2) is 7.21. The van der Waals surface area contributed by atoms with Gasteiger partial charge < -0.3 is 15.5 Å². The summed E-state index contributed by atoms with van der Waals surface area (Å²) in [5.41, 5.74) is 9.32. The van der Waals surface area contributed by atoms with Gasteiger partial charge in [0.05, 0.1) is 5.56 Å². The summed E-state index contributed by atoms with van der Waals surface area (Å²) in [6.45, 7) is 4.34. The molecule has 3 aromatic rings. The first-order valence-electron chi connectivity index (χ1n) is 8.30. The maximum atomic E-state index is 12.4. The molecular formula is C20H21N3O2. The van der Waals surface area contributed by atoms with Crippen LogP contribution in [0.2, 0.25) is 0 Å². The number of anilines is 2. The Morgan fingerprint density at radius 1 is 1.20 bits per heavy atom. The predicted octanol–water partition coefficient (Wildman–Crippen LogP) is 4.69. The number of oxazole rings is 1. The number of carbonyl (C=O) groups excluding carboxylic acids is 1. The van der Waals surface area contributed by atoms with Gasteiger partial charge in [0, 0.05) is 11.4 Å². The van der Waals surface area contributed by atoms with E-state index in [1.165, 1.54) is 11.8 Å². The van der Waals surface area contributed by atoms with Gasteiger partial charge in [0.15, 0.2) is 5.69 Å². The summed E-state index contributed by atoms with van der Waals surface area (Å²) in [5, 5.41) is 2.83. The second-order valence-corrected chi connectivity index (χ2v) is 6.01. The number of para-hydroxylation sites is 1. The van der Waals surface area contributed by atoms with Crippen molar-refractivity contribution in [1.82, 2.24) is 4.98 Å². The van der Waals surface area contributed by atoms with E-state index in [2.05, 4.69) is 24.1 Å². The van der Waals surface area contributed by atoms with Gasteiger partial charge >= 0.3 is 0 Å². The highest BCUT2D eigenvalue weighted by atomic mass is 16.3. The summed E-state index contributed by atoms with van der Waals surface area (Å²) in [6, 6.07) is 15.1. The molecule has 0 bridgehead atoms. The number of hydrogen-bond acceptors (Lipinski definition) is 4. The number of benzene rings is 2. The van der Waals surface area contributed by atoms with E-state index in [1.807, 2.05) is 36.4 Å². The zero-order chi connectivity index (χ0) is 17.8. The van der Waals surface area contributed by atoms with Crippen molar-refractivity contribution in [2.45, 2.75) is 26.2 Å². The fourth-order valence-electron chi connectivity index (χ4n) is 2.52. The molecule has 0 radical (unpaired) electrons. The molecule has 1 heterocycles. The van der Waals surface area contributed by atoms with Crippen LogP contribution in [-0.2, 0) is 0 Å². The minimum atomic E-state index is -0.319. The SMILES string of the molecule is CCC(C)c1ccc(NC(=O)c2coc(-c3ccccc3N)n2)cc1. The molecule has 0 fully saturated rings. The smallest absolute Gasteiger partial charge is 0.277 e. The van der Waals surface area contributed by atoms with Crippen LogP contribution in [0.4, 0.5) is 11.4 Å². The lowest BCUT2D eigenvalue weighted by Crippen LogP contribution is -2.12. The molecule has 0 spiro atoms. The summed E-state index contributed by atoms with van der Waals surface area (Å²) < 4.78 is 5.40. The largest absolute Gasteiger partial charge is 0.444 e. The Kier molecular flexibility index (Phi) is 4.84. The lowest BCUT2D eigenvalue weighted by molar-refractivity contribution is 0.102. The molecule has 5 heteroatoms. The second-order valence-electron chi connectivity index (χ2n) is 6.01. The van der Waals surface area contributed by atoms with Crippen LogP contribution in [0.15, 0.2) is 59.2 Å². The number of amides is 1. The maximum absolute atomic E-state index is 12.4. The number of rotatable bonds is 5. The van der Waals surface area contributed by atoms with Crippen molar-refractivity contribution in [3.05, 3.63) is 66.1 Å². The van der Waals surface area contributed by atoms with Gasteiger partial charge in [-0.15, -0.1) is 0 Å². The number of nitrogens with one attached hydrogen (secondary N) is 1. The number of aromatic nitrogens is 1. The summed E-state index contributed by atoms with van der Waals surface area (Å²) in [5.74, 6) is 0.510. The van der Waals surface area contributed by atoms with E-state index in [-0.39, 0.29) is 11.6 Å². The molecule has 0 aliphatic heterocycles. The molecule has 3 N–H and O–H groups in total. The van der Waals surface area contributed by atoms with Crippen LogP contribution in [0.5, 0.6) is 0 Å². The van der Waals surface area contributed by atoms with Crippen LogP contribution < -0.4 is 11.1 Å². The van der Waals surface area contributed by atoms with Crippen LogP contribution in [-0.4, -0.2) is 10.9 Å². The summed E-state index contributed by atoms with van der Waals surface area (Å²) in [7, 11) is 0. The fourth-order valence-corrected chi connectivity index (χ4v) is 2.52. The zero-order valence-corrected chi connectivity index (χ0v) is 14.3. The monoisotopic (exact) mass is 335 g/mol. The quantitative estimate of drug-likeness (QED) is 0.663. The van der Waals surface area contributed by atoms with Crippen LogP contribution in [0.25, 0.3) is 11.5 Å². The molecule has 3 rings (SSSR count). The van der Waals surface area contributed by atoms with Crippen molar-refractivity contribution >= 4 is 17.3 Å². The van der Waals surface area contributed by atoms with Gasteiger partial charge in [-0.05, 0) is 42.2 Å². The number of nitrogen functional groups attached to an aromatic ring is 1. The molecule has 0 saturated heterocycles. The minimum Gasteiger partial charge on any atom is -0.444 e. The number of nitrogens with two attached hydrogens (primary N) is 1. The van der Waals surface area contributed by atoms with Crippen molar-refractivity contribution < 1.29 is 9.21 Å². The first-order chi connectivity index (χ1) is 12.1. The van der Waals surface area contributed by atoms with E-state index in [0.29, 0.717) is 23.1 Å². The van der Waals surface area contributed by atoms with E-state index in [4.69, 9.17) is 10.2 Å². The van der Waals surface area contributed by atoms with E-state index >= 15 is 0 Å². The average Bonchev–Trinajstić information content (AvgIpc) is 3.12. The number of carbonyl (C=O) groups is 1. The summed E-state index contributed by atoms with van der Waals surface area (Å²) in [4.78, 5) is 16.6. The molecule has 1 atom stereocenters. The van der Waals surface area contributed by atoms with Crippen molar-refractivity contribution in [3.8, 4) is 11.5 Å². The third-order valence-electron chi connectivity index (χ3n) is 4.28. The first kappa shape index (κ1) is 16.8. The predicted molar refractivity (Wildman–Crippen MR) is 99.5 cm³/mol. The van der Waals surface area contributed by atoms with E-state index < -0.39 is 0 Å². The molecular weight excluding hydrogens is 314 g/mol. The van der Waals surface area contributed by atoms with E-state index in [1.54, 1.807) is 12.1 Å². The lowest BCUT2D eigenvalue weighted by Gasteiger charge is -2.10. The van der Waals surface area contributed by atoms with Crippen LogP contribution >= 0.6 is 0 Å². The molecule has 0 aliphatic rings. The van der Waals surface area contributed by atoms with Crippen molar-refractivity contribution in [2.75, 3.05) is 11.1 Å². The Bertz CT molecular complexity index is 869.